The highest BCUT2D eigenvalue weighted by atomic mass is 79.9. The molecule has 0 heterocycles. The normalized spacial score (nSPS) is 11.8. The molecular weight excluding hydrogens is 219 g/mol. The summed E-state index contributed by atoms with van der Waals surface area (Å²) in [4.78, 5) is 0. The van der Waals surface area contributed by atoms with Gasteiger partial charge in [0.25, 0.3) is 0 Å². The third-order valence-electron chi connectivity index (χ3n) is 1.74. The molecule has 1 rings (SSSR count). The van der Waals surface area contributed by atoms with Crippen LogP contribution in [0.4, 0.5) is 4.39 Å². The van der Waals surface area contributed by atoms with Gasteiger partial charge >= 0.3 is 0 Å². The average molecular weight is 231 g/mol. The molecular formula is C10H12BrF. The fraction of sp³-hybridized carbons (Fsp3) is 0.400. The smallest absolute Gasteiger partial charge is 0.123 e. The first-order valence-corrected chi connectivity index (χ1v) is 4.66. The number of benzene rings is 1. The zero-order valence-electron chi connectivity index (χ0n) is 7.49. The van der Waals surface area contributed by atoms with Crippen molar-refractivity contribution in [1.82, 2.24) is 0 Å². The second-order valence-electron chi connectivity index (χ2n) is 3.87. The predicted octanol–water partition coefficient (Wildman–Crippen LogP) is 3.89. The van der Waals surface area contributed by atoms with Crippen LogP contribution in [0.2, 0.25) is 0 Å². The van der Waals surface area contributed by atoms with Crippen LogP contribution in [0.15, 0.2) is 22.7 Å². The summed E-state index contributed by atoms with van der Waals surface area (Å²) in [6, 6.07) is 4.78. The minimum atomic E-state index is -0.178. The molecule has 1 aromatic rings. The first-order valence-electron chi connectivity index (χ1n) is 3.87. The van der Waals surface area contributed by atoms with Crippen LogP contribution in [0.1, 0.15) is 26.3 Å². The zero-order valence-corrected chi connectivity index (χ0v) is 9.07. The molecule has 0 N–H and O–H groups in total. The van der Waals surface area contributed by atoms with E-state index in [4.69, 9.17) is 0 Å². The summed E-state index contributed by atoms with van der Waals surface area (Å²) >= 11 is 3.40. The average Bonchev–Trinajstić information content (AvgIpc) is 1.92. The van der Waals surface area contributed by atoms with Gasteiger partial charge in [0.1, 0.15) is 5.82 Å². The van der Waals surface area contributed by atoms with Gasteiger partial charge in [0.15, 0.2) is 0 Å². The maximum Gasteiger partial charge on any atom is 0.123 e. The lowest BCUT2D eigenvalue weighted by Gasteiger charge is -2.20. The highest BCUT2D eigenvalue weighted by molar-refractivity contribution is 9.10. The van der Waals surface area contributed by atoms with E-state index < -0.39 is 0 Å². The lowest BCUT2D eigenvalue weighted by Crippen LogP contribution is -2.12. The molecule has 0 aliphatic carbocycles. The van der Waals surface area contributed by atoms with Gasteiger partial charge in [-0.05, 0) is 29.2 Å². The molecule has 0 radical (unpaired) electrons. The topological polar surface area (TPSA) is 0 Å². The van der Waals surface area contributed by atoms with E-state index >= 15 is 0 Å². The molecule has 12 heavy (non-hydrogen) atoms. The van der Waals surface area contributed by atoms with Crippen LogP contribution in [-0.2, 0) is 5.41 Å². The molecule has 66 valence electrons. The molecule has 0 fully saturated rings. The monoisotopic (exact) mass is 230 g/mol. The first kappa shape index (κ1) is 9.72. The van der Waals surface area contributed by atoms with Crippen molar-refractivity contribution in [3.8, 4) is 0 Å². The van der Waals surface area contributed by atoms with Crippen molar-refractivity contribution < 1.29 is 4.39 Å². The van der Waals surface area contributed by atoms with Crippen molar-refractivity contribution in [1.29, 1.82) is 0 Å². The molecule has 0 nitrogen and oxygen atoms in total. The quantitative estimate of drug-likeness (QED) is 0.635. The lowest BCUT2D eigenvalue weighted by atomic mass is 9.87. The van der Waals surface area contributed by atoms with E-state index in [0.717, 1.165) is 10.0 Å². The van der Waals surface area contributed by atoms with Crippen LogP contribution < -0.4 is 0 Å². The van der Waals surface area contributed by atoms with Crippen molar-refractivity contribution in [2.45, 2.75) is 26.2 Å². The molecule has 0 atom stereocenters. The van der Waals surface area contributed by atoms with Gasteiger partial charge in [-0.2, -0.15) is 0 Å². The summed E-state index contributed by atoms with van der Waals surface area (Å²) in [6.45, 7) is 6.19. The van der Waals surface area contributed by atoms with E-state index in [1.807, 2.05) is 0 Å². The van der Waals surface area contributed by atoms with Gasteiger partial charge in [0.05, 0.1) is 0 Å². The second-order valence-corrected chi connectivity index (χ2v) is 4.73. The van der Waals surface area contributed by atoms with Crippen molar-refractivity contribution >= 4 is 15.9 Å². The summed E-state index contributed by atoms with van der Waals surface area (Å²) in [6.07, 6.45) is 0. The summed E-state index contributed by atoms with van der Waals surface area (Å²) < 4.78 is 13.8. The van der Waals surface area contributed by atoms with E-state index in [2.05, 4.69) is 36.7 Å². The van der Waals surface area contributed by atoms with Gasteiger partial charge in [-0.3, -0.25) is 0 Å². The molecule has 0 unspecified atom stereocenters. The van der Waals surface area contributed by atoms with Crippen LogP contribution in [0.25, 0.3) is 0 Å². The van der Waals surface area contributed by atoms with Gasteiger partial charge < -0.3 is 0 Å². The largest absolute Gasteiger partial charge is 0.207 e. The molecule has 0 aliphatic rings. The standard InChI is InChI=1S/C10H12BrF/c1-10(2,3)8-6-7(12)4-5-9(8)11/h4-6H,1-3H3. The Morgan fingerprint density at radius 3 is 2.25 bits per heavy atom. The molecule has 0 saturated heterocycles. The van der Waals surface area contributed by atoms with Crippen molar-refractivity contribution in [2.75, 3.05) is 0 Å². The van der Waals surface area contributed by atoms with E-state index in [1.165, 1.54) is 6.07 Å². The molecule has 0 spiro atoms. The number of hydrogen-bond acceptors (Lipinski definition) is 0. The van der Waals surface area contributed by atoms with Crippen molar-refractivity contribution in [3.05, 3.63) is 34.1 Å². The maximum atomic E-state index is 12.9. The molecule has 2 heteroatoms. The van der Waals surface area contributed by atoms with E-state index in [-0.39, 0.29) is 11.2 Å². The minimum Gasteiger partial charge on any atom is -0.207 e. The Kier molecular flexibility index (Phi) is 2.57. The molecule has 0 bridgehead atoms. The fourth-order valence-electron chi connectivity index (χ4n) is 1.07. The predicted molar refractivity (Wildman–Crippen MR) is 52.8 cm³/mol. The summed E-state index contributed by atoms with van der Waals surface area (Å²) in [5.74, 6) is -0.178. The van der Waals surface area contributed by atoms with Gasteiger partial charge in [-0.1, -0.05) is 36.7 Å². The highest BCUT2D eigenvalue weighted by Crippen LogP contribution is 2.29. The molecule has 1 aromatic carbocycles. The number of halogens is 2. The molecule has 0 saturated carbocycles. The van der Waals surface area contributed by atoms with Gasteiger partial charge in [-0.25, -0.2) is 4.39 Å². The number of rotatable bonds is 0. The first-order chi connectivity index (χ1) is 5.41. The Morgan fingerprint density at radius 2 is 1.83 bits per heavy atom. The molecule has 0 amide bonds. The van der Waals surface area contributed by atoms with Crippen LogP contribution in [-0.4, -0.2) is 0 Å². The SMILES string of the molecule is CC(C)(C)c1cc(F)ccc1Br. The third-order valence-corrected chi connectivity index (χ3v) is 2.43. The van der Waals surface area contributed by atoms with E-state index in [9.17, 15) is 4.39 Å². The summed E-state index contributed by atoms with van der Waals surface area (Å²) in [5.41, 5.74) is 0.989. The Balaban J connectivity index is 3.23. The van der Waals surface area contributed by atoms with Crippen LogP contribution in [0.5, 0.6) is 0 Å². The molecule has 0 aromatic heterocycles. The van der Waals surface area contributed by atoms with E-state index in [0.29, 0.717) is 0 Å². The minimum absolute atomic E-state index is 0.0130. The Labute approximate surface area is 80.9 Å². The number of hydrogen-bond donors (Lipinski definition) is 0. The van der Waals surface area contributed by atoms with Crippen LogP contribution in [0, 0.1) is 5.82 Å². The van der Waals surface area contributed by atoms with Crippen molar-refractivity contribution in [3.63, 3.8) is 0 Å². The lowest BCUT2D eigenvalue weighted by molar-refractivity contribution is 0.569. The van der Waals surface area contributed by atoms with Crippen LogP contribution in [0.3, 0.4) is 0 Å². The summed E-state index contributed by atoms with van der Waals surface area (Å²) in [5, 5.41) is 0. The molecule has 0 aliphatic heterocycles. The second kappa shape index (κ2) is 3.17. The Bertz CT molecular complexity index is 286. The summed E-state index contributed by atoms with van der Waals surface area (Å²) in [7, 11) is 0. The fourth-order valence-corrected chi connectivity index (χ4v) is 1.91. The van der Waals surface area contributed by atoms with Crippen LogP contribution >= 0.6 is 15.9 Å². The van der Waals surface area contributed by atoms with E-state index in [1.54, 1.807) is 12.1 Å². The van der Waals surface area contributed by atoms with Gasteiger partial charge in [-0.15, -0.1) is 0 Å². The van der Waals surface area contributed by atoms with Crippen molar-refractivity contribution in [2.24, 2.45) is 0 Å². The third kappa shape index (κ3) is 2.07. The van der Waals surface area contributed by atoms with Gasteiger partial charge in [0, 0.05) is 4.47 Å². The maximum absolute atomic E-state index is 12.9. The Morgan fingerprint density at radius 1 is 1.25 bits per heavy atom. The highest BCUT2D eigenvalue weighted by Gasteiger charge is 2.17. The Hall–Kier alpha value is -0.370. The van der Waals surface area contributed by atoms with Gasteiger partial charge in [0.2, 0.25) is 0 Å². The zero-order chi connectivity index (χ0) is 9.35.